The van der Waals surface area contributed by atoms with E-state index in [2.05, 4.69) is 16.0 Å². The molecule has 0 spiro atoms. The van der Waals surface area contributed by atoms with Gasteiger partial charge in [-0.05, 0) is 60.6 Å². The van der Waals surface area contributed by atoms with Gasteiger partial charge in [0.05, 0.1) is 23.7 Å². The van der Waals surface area contributed by atoms with Crippen molar-refractivity contribution in [1.29, 1.82) is 0 Å². The summed E-state index contributed by atoms with van der Waals surface area (Å²) in [6, 6.07) is 11.1. The van der Waals surface area contributed by atoms with Gasteiger partial charge >= 0.3 is 5.97 Å². The van der Waals surface area contributed by atoms with Gasteiger partial charge in [0, 0.05) is 31.8 Å². The van der Waals surface area contributed by atoms with Crippen molar-refractivity contribution in [3.8, 4) is 5.75 Å². The van der Waals surface area contributed by atoms with E-state index in [1.54, 1.807) is 38.1 Å². The van der Waals surface area contributed by atoms with Crippen molar-refractivity contribution in [2.75, 3.05) is 13.7 Å². The van der Waals surface area contributed by atoms with Gasteiger partial charge in [-0.3, -0.25) is 14.4 Å². The number of carbonyl (C=O) groups excluding carboxylic acids is 4. The highest BCUT2D eigenvalue weighted by molar-refractivity contribution is 6.32. The maximum Gasteiger partial charge on any atom is 0.328 e. The number of hydrogen-bond donors (Lipinski definition) is 4. The van der Waals surface area contributed by atoms with E-state index in [1.807, 2.05) is 52.0 Å². The highest BCUT2D eigenvalue weighted by Crippen LogP contribution is 2.45. The number of halogens is 1. The second-order valence-corrected chi connectivity index (χ2v) is 15.5. The SMILES string of the molecule is COc1ccc(C[C@H]2NC(=O)/C=C\C[C@@H]([C@H](C)[C@H]3O[C@@H]3c3ccc(CN)cc3)OC(=O)[C@H](CC(C)(C)C)NC(=O)C(C)(C)CNC2=O)cc1Cl. The van der Waals surface area contributed by atoms with Crippen molar-refractivity contribution >= 4 is 35.3 Å². The molecule has 6 atom stereocenters. The number of esters is 1. The molecule has 3 amide bonds. The van der Waals surface area contributed by atoms with Crippen LogP contribution in [0.25, 0.3) is 0 Å². The van der Waals surface area contributed by atoms with E-state index in [4.69, 9.17) is 31.5 Å². The summed E-state index contributed by atoms with van der Waals surface area (Å²) in [4.78, 5) is 54.3. The smallest absolute Gasteiger partial charge is 0.328 e. The van der Waals surface area contributed by atoms with E-state index < -0.39 is 47.3 Å². The summed E-state index contributed by atoms with van der Waals surface area (Å²) < 4.78 is 17.5. The molecule has 5 N–H and O–H groups in total. The number of cyclic esters (lactones) is 1. The topological polar surface area (TPSA) is 161 Å². The molecule has 2 aliphatic rings. The minimum Gasteiger partial charge on any atom is -0.495 e. The van der Waals surface area contributed by atoms with Gasteiger partial charge in [0.25, 0.3) is 0 Å². The second kappa shape index (κ2) is 16.4. The predicted molar refractivity (Wildman–Crippen MR) is 191 cm³/mol. The zero-order valence-corrected chi connectivity index (χ0v) is 30.8. The number of carbonyl (C=O) groups is 4. The summed E-state index contributed by atoms with van der Waals surface area (Å²) in [6.07, 6.45) is 2.54. The molecule has 272 valence electrons. The van der Waals surface area contributed by atoms with Crippen LogP contribution in [0.2, 0.25) is 5.02 Å². The molecular weight excluding hydrogens is 660 g/mol. The highest BCUT2D eigenvalue weighted by Gasteiger charge is 2.48. The monoisotopic (exact) mass is 710 g/mol. The van der Waals surface area contributed by atoms with Crippen molar-refractivity contribution in [2.24, 2.45) is 22.5 Å². The average Bonchev–Trinajstić information content (AvgIpc) is 3.86. The van der Waals surface area contributed by atoms with Gasteiger partial charge in [0.1, 0.15) is 30.0 Å². The first-order valence-electron chi connectivity index (χ1n) is 17.0. The maximum atomic E-state index is 13.8. The molecule has 2 aliphatic heterocycles. The summed E-state index contributed by atoms with van der Waals surface area (Å²) in [5, 5.41) is 8.90. The molecule has 0 aliphatic carbocycles. The molecule has 0 bridgehead atoms. The lowest BCUT2D eigenvalue weighted by molar-refractivity contribution is -0.157. The van der Waals surface area contributed by atoms with Gasteiger partial charge in [-0.15, -0.1) is 0 Å². The molecule has 0 aromatic heterocycles. The van der Waals surface area contributed by atoms with E-state index in [0.717, 1.165) is 11.1 Å². The number of ether oxygens (including phenoxy) is 3. The number of methoxy groups -OCH3 is 1. The average molecular weight is 711 g/mol. The Balaban J connectivity index is 1.62. The van der Waals surface area contributed by atoms with Crippen LogP contribution in [0, 0.1) is 16.7 Å². The van der Waals surface area contributed by atoms with Crippen LogP contribution in [0.5, 0.6) is 5.75 Å². The van der Waals surface area contributed by atoms with Crippen LogP contribution in [-0.2, 0) is 41.6 Å². The summed E-state index contributed by atoms with van der Waals surface area (Å²) in [7, 11) is 1.51. The van der Waals surface area contributed by atoms with Crippen LogP contribution in [0.3, 0.4) is 0 Å². The number of epoxide rings is 1. The molecule has 1 fully saturated rings. The fourth-order valence-corrected chi connectivity index (χ4v) is 6.21. The molecule has 0 saturated carbocycles. The lowest BCUT2D eigenvalue weighted by Gasteiger charge is -2.32. The van der Waals surface area contributed by atoms with Gasteiger partial charge < -0.3 is 35.9 Å². The van der Waals surface area contributed by atoms with Crippen molar-refractivity contribution < 1.29 is 33.4 Å². The van der Waals surface area contributed by atoms with E-state index in [1.165, 1.54) is 13.2 Å². The van der Waals surface area contributed by atoms with E-state index in [-0.39, 0.29) is 42.9 Å². The molecule has 4 rings (SSSR count). The molecular formula is C38H51ClN4O7. The van der Waals surface area contributed by atoms with E-state index in [9.17, 15) is 19.2 Å². The predicted octanol–water partition coefficient (Wildman–Crippen LogP) is 4.55. The maximum absolute atomic E-state index is 13.8. The number of nitrogens with two attached hydrogens (primary N) is 1. The minimum absolute atomic E-state index is 0.0488. The van der Waals surface area contributed by atoms with Crippen LogP contribution in [0.4, 0.5) is 0 Å². The molecule has 0 unspecified atom stereocenters. The Hall–Kier alpha value is -3.93. The fraction of sp³-hybridized carbons (Fsp3) is 0.526. The summed E-state index contributed by atoms with van der Waals surface area (Å²) in [5.41, 5.74) is 7.04. The Morgan fingerprint density at radius 3 is 2.32 bits per heavy atom. The molecule has 11 nitrogen and oxygen atoms in total. The number of amides is 3. The third kappa shape index (κ3) is 10.5. The third-order valence-electron chi connectivity index (χ3n) is 9.09. The van der Waals surface area contributed by atoms with Crippen LogP contribution >= 0.6 is 11.6 Å². The second-order valence-electron chi connectivity index (χ2n) is 15.1. The van der Waals surface area contributed by atoms with Gasteiger partial charge in [0.2, 0.25) is 17.7 Å². The van der Waals surface area contributed by atoms with Gasteiger partial charge in [0.15, 0.2) is 0 Å². The van der Waals surface area contributed by atoms with Crippen LogP contribution < -0.4 is 26.4 Å². The molecule has 12 heteroatoms. The van der Waals surface area contributed by atoms with Crippen molar-refractivity contribution in [2.45, 2.75) is 97.7 Å². The third-order valence-corrected chi connectivity index (χ3v) is 9.39. The lowest BCUT2D eigenvalue weighted by Crippen LogP contribution is -2.54. The van der Waals surface area contributed by atoms with Crippen molar-refractivity contribution in [3.05, 3.63) is 76.3 Å². The Bertz CT molecular complexity index is 1570. The molecule has 2 aromatic carbocycles. The summed E-state index contributed by atoms with van der Waals surface area (Å²) >= 11 is 6.34. The summed E-state index contributed by atoms with van der Waals surface area (Å²) in [5.74, 6) is -1.74. The number of hydrogen-bond acceptors (Lipinski definition) is 8. The van der Waals surface area contributed by atoms with Gasteiger partial charge in [-0.2, -0.15) is 0 Å². The normalized spacial score (nSPS) is 26.1. The van der Waals surface area contributed by atoms with Crippen LogP contribution in [0.1, 0.15) is 77.2 Å². The standard InChI is InChI=1S/C38H51ClN4O7/c1-22(32-33(50-32)25-14-11-23(20-40)12-15-25)29-9-8-10-31(44)42-27(18-24-13-16-30(48-7)26(39)17-24)34(45)41-21-38(5,6)36(47)43-28(35(46)49-29)19-37(2,3)4/h8,10-17,22,27-29,32-33H,9,18-21,40H2,1-7H3,(H,41,45)(H,42,44)(H,43,47)/b10-8-/t22-,27+,28-,29-,32+,33+/m0/s1. The molecule has 0 radical (unpaired) electrons. The largest absolute Gasteiger partial charge is 0.495 e. The quantitative estimate of drug-likeness (QED) is 0.229. The molecule has 1 saturated heterocycles. The Morgan fingerprint density at radius 1 is 1.02 bits per heavy atom. The Labute approximate surface area is 300 Å². The van der Waals surface area contributed by atoms with E-state index >= 15 is 0 Å². The number of nitrogens with one attached hydrogen (secondary N) is 3. The molecule has 2 heterocycles. The zero-order valence-electron chi connectivity index (χ0n) is 30.0. The summed E-state index contributed by atoms with van der Waals surface area (Å²) in [6.45, 7) is 11.6. The highest BCUT2D eigenvalue weighted by atomic mass is 35.5. The van der Waals surface area contributed by atoms with Gasteiger partial charge in [-0.1, -0.05) is 75.7 Å². The number of benzene rings is 2. The Kier molecular flexibility index (Phi) is 12.7. The lowest BCUT2D eigenvalue weighted by atomic mass is 9.86. The Morgan fingerprint density at radius 2 is 1.70 bits per heavy atom. The van der Waals surface area contributed by atoms with Crippen LogP contribution in [0.15, 0.2) is 54.6 Å². The first-order valence-corrected chi connectivity index (χ1v) is 17.4. The zero-order chi connectivity index (χ0) is 36.8. The molecule has 2 aromatic rings. The first-order chi connectivity index (χ1) is 23.5. The number of rotatable bonds is 8. The molecule has 50 heavy (non-hydrogen) atoms. The van der Waals surface area contributed by atoms with Crippen molar-refractivity contribution in [3.63, 3.8) is 0 Å². The van der Waals surface area contributed by atoms with Crippen molar-refractivity contribution in [1.82, 2.24) is 16.0 Å². The van der Waals surface area contributed by atoms with Crippen LogP contribution in [-0.4, -0.2) is 61.6 Å². The van der Waals surface area contributed by atoms with E-state index in [0.29, 0.717) is 29.3 Å². The van der Waals surface area contributed by atoms with Gasteiger partial charge in [-0.25, -0.2) is 4.79 Å². The minimum atomic E-state index is -1.11. The first kappa shape index (κ1) is 38.9. The fourth-order valence-electron chi connectivity index (χ4n) is 5.93.